The van der Waals surface area contributed by atoms with Crippen molar-refractivity contribution >= 4 is 28.4 Å². The highest BCUT2D eigenvalue weighted by atomic mass is 35.5. The second kappa shape index (κ2) is 9.41. The van der Waals surface area contributed by atoms with Crippen molar-refractivity contribution in [1.29, 1.82) is 0 Å². The number of carbonyl (C=O) groups is 1. The van der Waals surface area contributed by atoms with Crippen molar-refractivity contribution < 1.29 is 32.3 Å². The molecular formula is C27H22ClF3N2O4. The van der Waals surface area contributed by atoms with Crippen molar-refractivity contribution in [2.24, 2.45) is 0 Å². The number of rotatable bonds is 5. The van der Waals surface area contributed by atoms with Gasteiger partial charge >= 0.3 is 6.36 Å². The molecule has 3 aromatic carbocycles. The summed E-state index contributed by atoms with van der Waals surface area (Å²) in [7, 11) is 0. The predicted octanol–water partition coefficient (Wildman–Crippen LogP) is 6.47. The minimum atomic E-state index is -4.81. The molecule has 0 bridgehead atoms. The zero-order valence-corrected chi connectivity index (χ0v) is 20.6. The lowest BCUT2D eigenvalue weighted by atomic mass is 9.93. The van der Waals surface area contributed by atoms with Crippen molar-refractivity contribution in [3.05, 3.63) is 88.6 Å². The number of hydrogen-bond acceptors (Lipinski definition) is 4. The summed E-state index contributed by atoms with van der Waals surface area (Å²) in [6.07, 6.45) is -4.81. The lowest BCUT2D eigenvalue weighted by Crippen LogP contribution is -2.49. The lowest BCUT2D eigenvalue weighted by molar-refractivity contribution is -0.274. The Hall–Kier alpha value is -3.53. The molecule has 1 fully saturated rings. The van der Waals surface area contributed by atoms with Crippen molar-refractivity contribution in [3.8, 4) is 16.9 Å². The molecule has 2 heterocycles. The van der Waals surface area contributed by atoms with Crippen LogP contribution in [-0.2, 0) is 26.5 Å². The van der Waals surface area contributed by atoms with E-state index in [1.54, 1.807) is 37.3 Å². The third-order valence-corrected chi connectivity index (χ3v) is 6.74. The second-order valence-corrected chi connectivity index (χ2v) is 9.29. The van der Waals surface area contributed by atoms with Gasteiger partial charge in [0.2, 0.25) is 0 Å². The number of nitrogens with zero attached hydrogens (tertiary/aromatic N) is 1. The highest BCUT2D eigenvalue weighted by molar-refractivity contribution is 6.30. The second-order valence-electron chi connectivity index (χ2n) is 8.85. The van der Waals surface area contributed by atoms with Crippen LogP contribution in [0.4, 0.5) is 13.2 Å². The number of amides is 1. The Balaban J connectivity index is 1.62. The molecule has 4 aromatic rings. The van der Waals surface area contributed by atoms with Gasteiger partial charge in [-0.15, -0.1) is 13.2 Å². The Kier molecular flexibility index (Phi) is 6.39. The summed E-state index contributed by atoms with van der Waals surface area (Å²) in [6.45, 7) is 3.79. The van der Waals surface area contributed by atoms with Gasteiger partial charge in [0.15, 0.2) is 12.4 Å². The first kappa shape index (κ1) is 25.1. The summed E-state index contributed by atoms with van der Waals surface area (Å²) in [4.78, 5) is 17.3. The number of carbonyl (C=O) groups excluding carboxylic acids is 1. The van der Waals surface area contributed by atoms with Gasteiger partial charge in [0, 0.05) is 34.3 Å². The number of ether oxygens (including phenoxy) is 2. The van der Waals surface area contributed by atoms with Crippen LogP contribution in [0.15, 0.2) is 66.7 Å². The zero-order chi connectivity index (χ0) is 26.4. The topological polar surface area (TPSA) is 61.7 Å². The predicted molar refractivity (Wildman–Crippen MR) is 132 cm³/mol. The number of nitrogens with one attached hydrogen (secondary N) is 1. The van der Waals surface area contributed by atoms with Crippen LogP contribution in [0.5, 0.6) is 5.75 Å². The molecule has 10 heteroatoms. The first-order chi connectivity index (χ1) is 17.5. The van der Waals surface area contributed by atoms with Gasteiger partial charge in [-0.2, -0.15) is 0 Å². The molecular weight excluding hydrogens is 509 g/mol. The molecule has 1 atom stereocenters. The molecule has 1 amide bonds. The van der Waals surface area contributed by atoms with E-state index in [9.17, 15) is 18.0 Å². The first-order valence-corrected chi connectivity index (χ1v) is 11.7. The first-order valence-electron chi connectivity index (χ1n) is 11.4. The Bertz CT molecular complexity index is 1480. The van der Waals surface area contributed by atoms with E-state index in [0.717, 1.165) is 27.8 Å². The quantitative estimate of drug-likeness (QED) is 0.321. The van der Waals surface area contributed by atoms with Gasteiger partial charge in [-0.05, 0) is 54.8 Å². The summed E-state index contributed by atoms with van der Waals surface area (Å²) in [5, 5.41) is 1.35. The molecule has 0 aliphatic carbocycles. The molecule has 1 aliphatic rings. The molecule has 0 saturated carbocycles. The van der Waals surface area contributed by atoms with Gasteiger partial charge in [-0.3, -0.25) is 4.79 Å². The third kappa shape index (κ3) is 4.90. The van der Waals surface area contributed by atoms with Crippen LogP contribution in [0.3, 0.4) is 0 Å². The minimum absolute atomic E-state index is 0.0970. The summed E-state index contributed by atoms with van der Waals surface area (Å²) in [5.74, 6) is -0.743. The fourth-order valence-corrected chi connectivity index (χ4v) is 4.73. The molecule has 192 valence electrons. The fourth-order valence-electron chi connectivity index (χ4n) is 4.61. The maximum Gasteiger partial charge on any atom is 0.573 e. The van der Waals surface area contributed by atoms with Gasteiger partial charge in [0.25, 0.3) is 5.91 Å². The van der Waals surface area contributed by atoms with Crippen LogP contribution in [0.1, 0.15) is 23.7 Å². The Labute approximate surface area is 215 Å². The monoisotopic (exact) mass is 530 g/mol. The standard InChI is InChI=1S/C27H22ClF3N2O4/c1-16-24(18-6-8-20(28)9-7-18)22-11-10-21(37-27(29,30)31)13-23(22)33(16)14-17-4-3-5-19(12-17)26(2)25(34)32-36-15-35-26/h3-13H,14-15H2,1-2H3,(H,32,34)/t26-/m1/s1. The molecule has 37 heavy (non-hydrogen) atoms. The van der Waals surface area contributed by atoms with E-state index < -0.39 is 17.9 Å². The summed E-state index contributed by atoms with van der Waals surface area (Å²) in [5.41, 5.74) is 5.71. The Morgan fingerprint density at radius 2 is 1.86 bits per heavy atom. The van der Waals surface area contributed by atoms with Crippen LogP contribution < -0.4 is 10.2 Å². The van der Waals surface area contributed by atoms with E-state index in [-0.39, 0.29) is 12.5 Å². The smallest absolute Gasteiger partial charge is 0.406 e. The number of halogens is 4. The fraction of sp³-hybridized carbons (Fsp3) is 0.222. The third-order valence-electron chi connectivity index (χ3n) is 6.49. The number of fused-ring (bicyclic) bond motifs is 1. The largest absolute Gasteiger partial charge is 0.573 e. The van der Waals surface area contributed by atoms with E-state index >= 15 is 0 Å². The number of hydroxylamine groups is 1. The van der Waals surface area contributed by atoms with Gasteiger partial charge in [0.1, 0.15) is 5.75 Å². The molecule has 0 unspecified atom stereocenters. The number of benzene rings is 3. The van der Waals surface area contributed by atoms with E-state index in [4.69, 9.17) is 21.2 Å². The van der Waals surface area contributed by atoms with Gasteiger partial charge in [-0.1, -0.05) is 48.0 Å². The van der Waals surface area contributed by atoms with Gasteiger partial charge < -0.3 is 14.0 Å². The number of aromatic nitrogens is 1. The van der Waals surface area contributed by atoms with E-state index in [1.807, 2.05) is 35.8 Å². The maximum absolute atomic E-state index is 13.0. The summed E-state index contributed by atoms with van der Waals surface area (Å²) < 4.78 is 50.7. The molecule has 0 radical (unpaired) electrons. The van der Waals surface area contributed by atoms with Crippen LogP contribution in [0, 0.1) is 6.92 Å². The van der Waals surface area contributed by atoms with Crippen molar-refractivity contribution in [1.82, 2.24) is 10.0 Å². The van der Waals surface area contributed by atoms with Crippen molar-refractivity contribution in [2.75, 3.05) is 6.79 Å². The Morgan fingerprint density at radius 3 is 2.57 bits per heavy atom. The van der Waals surface area contributed by atoms with E-state index in [0.29, 0.717) is 22.6 Å². The molecule has 0 spiro atoms. The lowest BCUT2D eigenvalue weighted by Gasteiger charge is -2.32. The molecule has 1 aliphatic heterocycles. The van der Waals surface area contributed by atoms with Crippen LogP contribution >= 0.6 is 11.6 Å². The summed E-state index contributed by atoms with van der Waals surface area (Å²) >= 11 is 6.08. The number of hydrogen-bond donors (Lipinski definition) is 1. The average Bonchev–Trinajstić information content (AvgIpc) is 3.11. The van der Waals surface area contributed by atoms with E-state index in [1.165, 1.54) is 12.1 Å². The molecule has 6 nitrogen and oxygen atoms in total. The van der Waals surface area contributed by atoms with Crippen LogP contribution in [-0.4, -0.2) is 23.6 Å². The van der Waals surface area contributed by atoms with Gasteiger partial charge in [-0.25, -0.2) is 10.3 Å². The Morgan fingerprint density at radius 1 is 1.11 bits per heavy atom. The highest BCUT2D eigenvalue weighted by Gasteiger charge is 2.39. The average molecular weight is 531 g/mol. The summed E-state index contributed by atoms with van der Waals surface area (Å²) in [6, 6.07) is 18.9. The molecule has 5 rings (SSSR count). The van der Waals surface area contributed by atoms with E-state index in [2.05, 4.69) is 10.2 Å². The molecule has 1 saturated heterocycles. The normalized spacial score (nSPS) is 18.2. The maximum atomic E-state index is 13.0. The number of alkyl halides is 3. The SMILES string of the molecule is Cc1c(-c2ccc(Cl)cc2)c2ccc(OC(F)(F)F)cc2n1Cc1cccc([C@@]2(C)OCONC2=O)c1. The minimum Gasteiger partial charge on any atom is -0.406 e. The van der Waals surface area contributed by atoms with Crippen molar-refractivity contribution in [3.63, 3.8) is 0 Å². The zero-order valence-electron chi connectivity index (χ0n) is 19.9. The van der Waals surface area contributed by atoms with Crippen LogP contribution in [0.25, 0.3) is 22.0 Å². The van der Waals surface area contributed by atoms with Crippen LogP contribution in [0.2, 0.25) is 5.02 Å². The van der Waals surface area contributed by atoms with Gasteiger partial charge in [0.05, 0.1) is 5.52 Å². The van der Waals surface area contributed by atoms with Crippen molar-refractivity contribution in [2.45, 2.75) is 32.4 Å². The molecule has 1 N–H and O–H groups in total. The molecule has 1 aromatic heterocycles. The highest BCUT2D eigenvalue weighted by Crippen LogP contribution is 2.38.